The first-order valence-electron chi connectivity index (χ1n) is 9.92. The monoisotopic (exact) mass is 480 g/mol. The highest BCUT2D eigenvalue weighted by Crippen LogP contribution is 2.33. The number of rotatable bonds is 6. The first-order valence-corrected chi connectivity index (χ1v) is 10.3. The van der Waals surface area contributed by atoms with Crippen LogP contribution in [-0.4, -0.2) is 55.4 Å². The Morgan fingerprint density at radius 3 is 2.29 bits per heavy atom. The van der Waals surface area contributed by atoms with E-state index < -0.39 is 0 Å². The van der Waals surface area contributed by atoms with Crippen LogP contribution in [-0.2, 0) is 6.54 Å². The lowest BCUT2D eigenvalue weighted by atomic mass is 10.0. The van der Waals surface area contributed by atoms with Gasteiger partial charge in [-0.2, -0.15) is 0 Å². The van der Waals surface area contributed by atoms with Crippen LogP contribution in [0.25, 0.3) is 10.8 Å². The lowest BCUT2D eigenvalue weighted by Gasteiger charge is -2.34. The van der Waals surface area contributed by atoms with Gasteiger partial charge in [-0.1, -0.05) is 60.1 Å². The standard InChI is InChI=1S/C24H25ClN2O2.2ClH/c1-29-23-10-8-19-15-20(7-9-21(19)24(23)25)22(28)17-27-13-11-26(12-14-27)16-18-5-3-2-4-6-18;;/h2-10,15H,11-14,16-17H2,1H3;2*1H. The zero-order valence-corrected chi connectivity index (χ0v) is 19.8. The highest BCUT2D eigenvalue weighted by Gasteiger charge is 2.20. The third-order valence-electron chi connectivity index (χ3n) is 5.54. The van der Waals surface area contributed by atoms with Gasteiger partial charge >= 0.3 is 0 Å². The molecule has 4 rings (SSSR count). The topological polar surface area (TPSA) is 32.8 Å². The second-order valence-electron chi connectivity index (χ2n) is 7.48. The van der Waals surface area contributed by atoms with E-state index in [-0.39, 0.29) is 30.6 Å². The number of carbonyl (C=O) groups is 1. The number of fused-ring (bicyclic) bond motifs is 1. The van der Waals surface area contributed by atoms with Gasteiger partial charge in [0, 0.05) is 43.7 Å². The van der Waals surface area contributed by atoms with Gasteiger partial charge in [0.15, 0.2) is 5.78 Å². The van der Waals surface area contributed by atoms with E-state index in [1.165, 1.54) is 5.56 Å². The summed E-state index contributed by atoms with van der Waals surface area (Å²) in [6.07, 6.45) is 0. The molecule has 0 saturated carbocycles. The number of halogens is 3. The molecule has 7 heteroatoms. The van der Waals surface area contributed by atoms with Crippen molar-refractivity contribution < 1.29 is 9.53 Å². The van der Waals surface area contributed by atoms with Gasteiger partial charge in [-0.15, -0.1) is 24.8 Å². The lowest BCUT2D eigenvalue weighted by Crippen LogP contribution is -2.47. The van der Waals surface area contributed by atoms with Crippen LogP contribution in [0.15, 0.2) is 60.7 Å². The van der Waals surface area contributed by atoms with Gasteiger partial charge < -0.3 is 4.74 Å². The van der Waals surface area contributed by atoms with E-state index in [1.54, 1.807) is 7.11 Å². The molecule has 0 N–H and O–H groups in total. The largest absolute Gasteiger partial charge is 0.495 e. The number of piperazine rings is 1. The molecular formula is C24H27Cl3N2O2. The molecule has 3 aromatic carbocycles. The number of carbonyl (C=O) groups excluding carboxylic acids is 1. The maximum absolute atomic E-state index is 12.8. The molecular weight excluding hydrogens is 455 g/mol. The third-order valence-corrected chi connectivity index (χ3v) is 5.93. The van der Waals surface area contributed by atoms with Crippen LogP contribution in [0.4, 0.5) is 0 Å². The summed E-state index contributed by atoms with van der Waals surface area (Å²) in [6.45, 7) is 5.21. The van der Waals surface area contributed by atoms with Gasteiger partial charge in [0.1, 0.15) is 5.75 Å². The Balaban J connectivity index is 0.00000171. The number of nitrogens with zero attached hydrogens (tertiary/aromatic N) is 2. The molecule has 0 spiro atoms. The van der Waals surface area contributed by atoms with E-state index in [1.807, 2.05) is 36.4 Å². The maximum Gasteiger partial charge on any atom is 0.176 e. The summed E-state index contributed by atoms with van der Waals surface area (Å²) in [7, 11) is 1.60. The maximum atomic E-state index is 12.8. The molecule has 1 aliphatic rings. The Bertz CT molecular complexity index is 1010. The van der Waals surface area contributed by atoms with E-state index in [0.29, 0.717) is 17.3 Å². The number of Topliss-reactive ketones (excluding diaryl/α,β-unsaturated/α-hetero) is 1. The fourth-order valence-corrected chi connectivity index (χ4v) is 4.16. The summed E-state index contributed by atoms with van der Waals surface area (Å²) < 4.78 is 5.27. The first kappa shape index (κ1) is 25.4. The molecule has 166 valence electrons. The van der Waals surface area contributed by atoms with E-state index in [0.717, 1.165) is 49.1 Å². The Morgan fingerprint density at radius 1 is 0.935 bits per heavy atom. The normalized spacial score (nSPS) is 14.5. The van der Waals surface area contributed by atoms with Gasteiger partial charge in [0.25, 0.3) is 0 Å². The Kier molecular flexibility index (Phi) is 9.60. The molecule has 0 unspecified atom stereocenters. The molecule has 0 atom stereocenters. The average molecular weight is 482 g/mol. The van der Waals surface area contributed by atoms with Crippen molar-refractivity contribution in [3.63, 3.8) is 0 Å². The second kappa shape index (κ2) is 11.7. The van der Waals surface area contributed by atoms with Crippen molar-refractivity contribution in [3.8, 4) is 5.75 Å². The fourth-order valence-electron chi connectivity index (χ4n) is 3.84. The number of hydrogen-bond donors (Lipinski definition) is 0. The van der Waals surface area contributed by atoms with Gasteiger partial charge in [-0.05, 0) is 23.1 Å². The van der Waals surface area contributed by atoms with E-state index in [2.05, 4.69) is 34.1 Å². The van der Waals surface area contributed by atoms with Crippen LogP contribution in [0.1, 0.15) is 15.9 Å². The molecule has 1 saturated heterocycles. The molecule has 1 aliphatic heterocycles. The summed E-state index contributed by atoms with van der Waals surface area (Å²) in [4.78, 5) is 17.5. The van der Waals surface area contributed by atoms with E-state index in [4.69, 9.17) is 16.3 Å². The van der Waals surface area contributed by atoms with Crippen LogP contribution < -0.4 is 4.74 Å². The number of ketones is 1. The van der Waals surface area contributed by atoms with Crippen molar-refractivity contribution in [2.24, 2.45) is 0 Å². The number of benzene rings is 3. The number of ether oxygens (including phenoxy) is 1. The van der Waals surface area contributed by atoms with Crippen LogP contribution in [0.2, 0.25) is 5.02 Å². The first-order chi connectivity index (χ1) is 14.1. The molecule has 0 aliphatic carbocycles. The Hall–Kier alpha value is -1.82. The van der Waals surface area contributed by atoms with Crippen molar-refractivity contribution in [1.82, 2.24) is 9.80 Å². The minimum atomic E-state index is 0. The summed E-state index contributed by atoms with van der Waals surface area (Å²) >= 11 is 6.38. The SMILES string of the molecule is COc1ccc2cc(C(=O)CN3CCN(Cc4ccccc4)CC3)ccc2c1Cl.Cl.Cl. The summed E-state index contributed by atoms with van der Waals surface area (Å²) in [6, 6.07) is 20.0. The van der Waals surface area contributed by atoms with Crippen molar-refractivity contribution in [1.29, 1.82) is 0 Å². The van der Waals surface area contributed by atoms with Crippen LogP contribution in [0.5, 0.6) is 5.75 Å². The smallest absolute Gasteiger partial charge is 0.176 e. The second-order valence-corrected chi connectivity index (χ2v) is 7.86. The highest BCUT2D eigenvalue weighted by atomic mass is 35.5. The van der Waals surface area contributed by atoms with Gasteiger partial charge in [0.2, 0.25) is 0 Å². The summed E-state index contributed by atoms with van der Waals surface area (Å²) in [5, 5.41) is 2.44. The van der Waals surface area contributed by atoms with E-state index in [9.17, 15) is 4.79 Å². The predicted octanol–water partition coefficient (Wildman–Crippen LogP) is 5.35. The third kappa shape index (κ3) is 6.12. The lowest BCUT2D eigenvalue weighted by molar-refractivity contribution is 0.0844. The van der Waals surface area contributed by atoms with Crippen molar-refractivity contribution >= 4 is 53.0 Å². The van der Waals surface area contributed by atoms with Crippen molar-refractivity contribution in [2.45, 2.75) is 6.54 Å². The van der Waals surface area contributed by atoms with Crippen LogP contribution in [0, 0.1) is 0 Å². The molecule has 1 heterocycles. The quantitative estimate of drug-likeness (QED) is 0.445. The van der Waals surface area contributed by atoms with Crippen molar-refractivity contribution in [2.75, 3.05) is 39.8 Å². The zero-order chi connectivity index (χ0) is 20.2. The minimum absolute atomic E-state index is 0. The molecule has 0 aromatic heterocycles. The van der Waals surface area contributed by atoms with Gasteiger partial charge in [0.05, 0.1) is 18.7 Å². The molecule has 4 nitrogen and oxygen atoms in total. The summed E-state index contributed by atoms with van der Waals surface area (Å²) in [5.74, 6) is 0.793. The Morgan fingerprint density at radius 2 is 1.61 bits per heavy atom. The van der Waals surface area contributed by atoms with Gasteiger partial charge in [-0.25, -0.2) is 0 Å². The van der Waals surface area contributed by atoms with Crippen molar-refractivity contribution in [3.05, 3.63) is 76.8 Å². The zero-order valence-electron chi connectivity index (χ0n) is 17.4. The van der Waals surface area contributed by atoms with Crippen LogP contribution >= 0.6 is 36.4 Å². The summed E-state index contributed by atoms with van der Waals surface area (Å²) in [5.41, 5.74) is 2.06. The highest BCUT2D eigenvalue weighted by molar-refractivity contribution is 6.37. The Labute approximate surface area is 200 Å². The minimum Gasteiger partial charge on any atom is -0.495 e. The van der Waals surface area contributed by atoms with E-state index >= 15 is 0 Å². The predicted molar refractivity (Wildman–Crippen MR) is 132 cm³/mol. The average Bonchev–Trinajstić information content (AvgIpc) is 2.76. The molecule has 1 fully saturated rings. The molecule has 31 heavy (non-hydrogen) atoms. The molecule has 0 amide bonds. The molecule has 0 bridgehead atoms. The van der Waals surface area contributed by atoms with Gasteiger partial charge in [-0.3, -0.25) is 14.6 Å². The molecule has 0 radical (unpaired) electrons. The van der Waals surface area contributed by atoms with Crippen LogP contribution in [0.3, 0.4) is 0 Å². The number of methoxy groups -OCH3 is 1. The number of hydrogen-bond acceptors (Lipinski definition) is 4. The molecule has 3 aromatic rings. The fraction of sp³-hybridized carbons (Fsp3) is 0.292.